The van der Waals surface area contributed by atoms with Gasteiger partial charge >= 0.3 is 46.8 Å². The van der Waals surface area contributed by atoms with Crippen molar-refractivity contribution < 1.29 is 80.2 Å². The van der Waals surface area contributed by atoms with Gasteiger partial charge in [0.05, 0.1) is 93.0 Å². The van der Waals surface area contributed by atoms with Crippen molar-refractivity contribution in [3.63, 3.8) is 0 Å². The number of hydrogen-bond acceptors (Lipinski definition) is 24. The van der Waals surface area contributed by atoms with Gasteiger partial charge < -0.3 is 77.9 Å². The molecule has 0 aliphatic rings. The number of benzene rings is 3. The van der Waals surface area contributed by atoms with Crippen molar-refractivity contribution >= 4 is 127 Å². The Morgan fingerprint density at radius 1 is 0.488 bits per heavy atom. The highest BCUT2D eigenvalue weighted by Gasteiger charge is 2.22. The lowest BCUT2D eigenvalue weighted by Crippen LogP contribution is -2.30. The fourth-order valence-corrected chi connectivity index (χ4v) is 9.90. The summed E-state index contributed by atoms with van der Waals surface area (Å²) in [6, 6.07) is 23.2. The third kappa shape index (κ3) is 15.0. The molecule has 26 nitrogen and oxygen atoms in total. The second kappa shape index (κ2) is 28.4. The summed E-state index contributed by atoms with van der Waals surface area (Å²) in [5.74, 6) is 0.587. The second-order valence-electron chi connectivity index (χ2n) is 16.6. The van der Waals surface area contributed by atoms with Gasteiger partial charge in [-0.3, -0.25) is 9.80 Å². The molecule has 0 saturated heterocycles. The number of thiophene rings is 3. The number of nitrogen functional groups attached to an aromatic ring is 1. The Kier molecular flexibility index (Phi) is 21.3. The van der Waals surface area contributed by atoms with Crippen molar-refractivity contribution in [3.8, 4) is 34.5 Å². The van der Waals surface area contributed by atoms with Crippen molar-refractivity contribution in [2.45, 2.75) is 0 Å². The summed E-state index contributed by atoms with van der Waals surface area (Å²) in [6.07, 6.45) is 0. The van der Waals surface area contributed by atoms with E-state index >= 15 is 0 Å². The lowest BCUT2D eigenvalue weighted by atomic mass is 10.2. The predicted molar refractivity (Wildman–Crippen MR) is 318 cm³/mol. The van der Waals surface area contributed by atoms with E-state index in [1.54, 1.807) is 95.0 Å². The Balaban J connectivity index is 0.000000191. The number of fused-ring (bicyclic) bond motifs is 3. The summed E-state index contributed by atoms with van der Waals surface area (Å²) in [5.41, 5.74) is 4.86. The van der Waals surface area contributed by atoms with E-state index in [4.69, 9.17) is 52.5 Å². The lowest BCUT2D eigenvalue weighted by Gasteiger charge is -2.17. The summed E-state index contributed by atoms with van der Waals surface area (Å²) in [7, 11) is 16.5. The number of urea groups is 2. The van der Waals surface area contributed by atoms with Crippen molar-refractivity contribution in [1.29, 1.82) is 0 Å². The molecule has 0 spiro atoms. The molecule has 0 radical (unpaired) electrons. The third-order valence-corrected chi connectivity index (χ3v) is 14.9. The van der Waals surface area contributed by atoms with Crippen LogP contribution in [0.1, 0.15) is 31.1 Å². The zero-order valence-corrected chi connectivity index (χ0v) is 49.0. The van der Waals surface area contributed by atoms with Gasteiger partial charge in [-0.05, 0) is 54.6 Å². The minimum Gasteiger partial charge on any atom is -0.497 e. The van der Waals surface area contributed by atoms with Crippen LogP contribution < -0.4 is 76.8 Å². The minimum absolute atomic E-state index is 0.0838. The van der Waals surface area contributed by atoms with Crippen LogP contribution in [-0.2, 0) is 9.47 Å². The number of ether oxygens (including phenoxy) is 8. The molecule has 0 saturated carbocycles. The van der Waals surface area contributed by atoms with E-state index in [2.05, 4.69) is 25.4 Å². The standard InChI is InChI=1S/C19H18N2O7S.C18H16N2O7S.C10H9NO4S.C8H11NO2/c1-21(19(24)20-12-6-5-10(25-2)7-13(12)26-3)16-9-14-15(29-16)8-11(17(22)27-4)18(23)28-14;1-20(18(24)19-11-5-4-9(25-2)6-12(11)26-3)15-8-13-14(28-15)7-10(16(21)22)17(23)27-13;1-11-8-4-6-7(16-8)3-5(9(12)14-2)10(13)15-6;1-10-6-3-4-7(9)8(5-6)11-2/h5-9H,1-4H3,(H,20,24);4-8H,1-3H3,(H,19,24)(H,21,22);3-4,11H,1-2H3;3-5H,9H2,1-2H3. The summed E-state index contributed by atoms with van der Waals surface area (Å²) in [6.45, 7) is 0. The quantitative estimate of drug-likeness (QED) is 0.0499. The predicted octanol–water partition coefficient (Wildman–Crippen LogP) is 9.53. The number of hydrogen-bond donors (Lipinski definition) is 5. The Bertz CT molecular complexity index is 4070. The highest BCUT2D eigenvalue weighted by Crippen LogP contribution is 2.36. The van der Waals surface area contributed by atoms with Crippen molar-refractivity contribution in [1.82, 2.24) is 0 Å². The molecule has 442 valence electrons. The number of nitrogens with two attached hydrogens (primary N) is 1. The van der Waals surface area contributed by atoms with Crippen LogP contribution in [0.2, 0.25) is 0 Å². The van der Waals surface area contributed by atoms with Crippen LogP contribution in [0.15, 0.2) is 119 Å². The molecule has 0 bridgehead atoms. The number of methoxy groups -OCH3 is 8. The number of nitrogens with one attached hydrogen (secondary N) is 3. The number of carbonyl (C=O) groups excluding carboxylic acids is 4. The third-order valence-electron chi connectivity index (χ3n) is 11.5. The number of carbonyl (C=O) groups is 5. The first-order chi connectivity index (χ1) is 40.1. The molecule has 6 heterocycles. The van der Waals surface area contributed by atoms with Crippen LogP contribution in [0.5, 0.6) is 34.5 Å². The summed E-state index contributed by atoms with van der Waals surface area (Å²) in [5, 5.41) is 19.3. The zero-order chi connectivity index (χ0) is 61.5. The smallest absolute Gasteiger partial charge is 0.351 e. The van der Waals surface area contributed by atoms with Gasteiger partial charge in [0.25, 0.3) is 0 Å². The van der Waals surface area contributed by atoms with Gasteiger partial charge in [-0.15, -0.1) is 34.0 Å². The highest BCUT2D eigenvalue weighted by molar-refractivity contribution is 7.23. The molecule has 4 amide bonds. The molecule has 0 aliphatic carbocycles. The van der Waals surface area contributed by atoms with Gasteiger partial charge in [-0.1, -0.05) is 0 Å². The van der Waals surface area contributed by atoms with E-state index in [9.17, 15) is 38.4 Å². The van der Waals surface area contributed by atoms with E-state index in [1.165, 1.54) is 106 Å². The fraction of sp³-hybridized carbons (Fsp3) is 0.200. The molecular formula is C55H54N6O20S3. The number of amides is 4. The molecule has 6 N–H and O–H groups in total. The molecule has 84 heavy (non-hydrogen) atoms. The molecular weight excluding hydrogens is 1160 g/mol. The Morgan fingerprint density at radius 3 is 1.24 bits per heavy atom. The first kappa shape index (κ1) is 62.9. The molecule has 0 fully saturated rings. The van der Waals surface area contributed by atoms with Crippen LogP contribution in [0.25, 0.3) is 30.8 Å². The molecule has 0 atom stereocenters. The molecule has 9 rings (SSSR count). The van der Waals surface area contributed by atoms with Gasteiger partial charge in [-0.2, -0.15) is 0 Å². The number of rotatable bonds is 14. The fourth-order valence-electron chi connectivity index (χ4n) is 7.04. The Labute approximate surface area is 487 Å². The lowest BCUT2D eigenvalue weighted by molar-refractivity contribution is 0.0587. The number of nitrogens with zero attached hydrogens (tertiary/aromatic N) is 2. The number of carboxylic acids is 1. The van der Waals surface area contributed by atoms with Gasteiger partial charge in [0, 0.05) is 57.5 Å². The number of carboxylic acid groups (broad SMARTS) is 1. The van der Waals surface area contributed by atoms with Crippen LogP contribution in [0.4, 0.5) is 41.7 Å². The summed E-state index contributed by atoms with van der Waals surface area (Å²) >= 11 is 3.70. The van der Waals surface area contributed by atoms with Crippen LogP contribution in [-0.4, -0.2) is 113 Å². The number of aromatic carboxylic acids is 1. The first-order valence-electron chi connectivity index (χ1n) is 24.0. The maximum atomic E-state index is 12.7. The van der Waals surface area contributed by atoms with Gasteiger partial charge in [-0.25, -0.2) is 38.4 Å². The average molecular weight is 1220 g/mol. The Hall–Kier alpha value is -10.3. The molecule has 0 unspecified atom stereocenters. The summed E-state index contributed by atoms with van der Waals surface area (Å²) in [4.78, 5) is 97.0. The molecule has 29 heteroatoms. The zero-order valence-electron chi connectivity index (χ0n) is 46.6. The minimum atomic E-state index is -1.37. The molecule has 9 aromatic rings. The summed E-state index contributed by atoms with van der Waals surface area (Å²) < 4.78 is 56.7. The van der Waals surface area contributed by atoms with Crippen LogP contribution >= 0.6 is 34.0 Å². The molecule has 6 aromatic heterocycles. The number of anilines is 6. The van der Waals surface area contributed by atoms with E-state index < -0.39 is 52.4 Å². The maximum absolute atomic E-state index is 12.7. The van der Waals surface area contributed by atoms with E-state index in [0.29, 0.717) is 70.8 Å². The topological polar surface area (TPSA) is 339 Å². The van der Waals surface area contributed by atoms with Crippen molar-refractivity contribution in [2.75, 3.05) is 110 Å². The van der Waals surface area contributed by atoms with E-state index in [0.717, 1.165) is 26.8 Å². The van der Waals surface area contributed by atoms with Gasteiger partial charge in [0.15, 0.2) is 16.7 Å². The highest BCUT2D eigenvalue weighted by atomic mass is 32.1. The normalized spacial score (nSPS) is 10.3. The van der Waals surface area contributed by atoms with Crippen LogP contribution in [0, 0.1) is 0 Å². The second-order valence-corrected chi connectivity index (χ2v) is 19.8. The van der Waals surface area contributed by atoms with Crippen molar-refractivity contribution in [3.05, 3.63) is 139 Å². The number of esters is 2. The SMILES string of the molecule is CNc1cc2oc(=O)c(C(=O)OC)cc2s1.COC(=O)c1cc2sc(N(C)C(=O)Nc3ccc(OC)cc3OC)cc2oc1=O.COc1ccc(N)c(OC)c1.COc1ccc(NC(=O)N(C)c2cc3oc(=O)c(C(=O)O)cc3s2)c(OC)c1. The first-order valence-corrected chi connectivity index (χ1v) is 26.4. The Morgan fingerprint density at radius 2 is 0.857 bits per heavy atom. The van der Waals surface area contributed by atoms with E-state index in [1.807, 2.05) is 0 Å². The molecule has 0 aliphatic heterocycles. The van der Waals surface area contributed by atoms with Crippen molar-refractivity contribution in [2.24, 2.45) is 0 Å². The van der Waals surface area contributed by atoms with E-state index in [-0.39, 0.29) is 22.3 Å². The molecule has 3 aromatic carbocycles. The van der Waals surface area contributed by atoms with Crippen LogP contribution in [0.3, 0.4) is 0 Å². The van der Waals surface area contributed by atoms with Gasteiger partial charge in [0.1, 0.15) is 61.2 Å². The van der Waals surface area contributed by atoms with Gasteiger partial charge in [0.2, 0.25) is 0 Å². The monoisotopic (exact) mass is 1210 g/mol. The average Bonchev–Trinajstić information content (AvgIpc) is 4.17. The largest absolute Gasteiger partial charge is 0.497 e. The maximum Gasteiger partial charge on any atom is 0.351 e.